The maximum atomic E-state index is 10.2. The molecule has 0 radical (unpaired) electrons. The molecule has 7 nitrogen and oxygen atoms in total. The Morgan fingerprint density at radius 3 is 2.75 bits per heavy atom. The number of aromatic amines is 1. The first-order valence-corrected chi connectivity index (χ1v) is 9.74. The second kappa shape index (κ2) is 9.07. The first-order valence-electron chi connectivity index (χ1n) is 9.74. The van der Waals surface area contributed by atoms with Crippen LogP contribution >= 0.6 is 0 Å². The molecule has 0 bridgehead atoms. The Kier molecular flexibility index (Phi) is 6.74. The number of likely N-dealkylation sites (N-methyl/N-ethyl adjacent to an activating group) is 1. The average molecular weight is 390 g/mol. The lowest BCUT2D eigenvalue weighted by Crippen LogP contribution is -2.58. The zero-order valence-corrected chi connectivity index (χ0v) is 16.4. The summed E-state index contributed by atoms with van der Waals surface area (Å²) < 4.78 is 11.4. The molecule has 1 aliphatic heterocycles. The number of rotatable bonds is 8. The molecular formula is C21H30N2O5. The Balaban J connectivity index is 1.76. The van der Waals surface area contributed by atoms with Crippen molar-refractivity contribution in [1.29, 1.82) is 0 Å². The van der Waals surface area contributed by atoms with Crippen molar-refractivity contribution in [2.45, 2.75) is 51.0 Å². The second-order valence-corrected chi connectivity index (χ2v) is 7.22. The van der Waals surface area contributed by atoms with Crippen LogP contribution in [0.2, 0.25) is 0 Å². The number of ether oxygens (including phenoxy) is 2. The summed E-state index contributed by atoms with van der Waals surface area (Å²) in [6.07, 6.45) is -0.758. The van der Waals surface area contributed by atoms with Crippen molar-refractivity contribution in [2.24, 2.45) is 0 Å². The highest BCUT2D eigenvalue weighted by atomic mass is 16.7. The number of aliphatic hydroxyl groups is 3. The lowest BCUT2D eigenvalue weighted by Gasteiger charge is -2.38. The highest BCUT2D eigenvalue weighted by molar-refractivity contribution is 5.88. The molecule has 3 rings (SSSR count). The van der Waals surface area contributed by atoms with Gasteiger partial charge in [-0.1, -0.05) is 25.1 Å². The largest absolute Gasteiger partial charge is 0.460 e. The highest BCUT2D eigenvalue weighted by Crippen LogP contribution is 2.31. The molecule has 28 heavy (non-hydrogen) atoms. The van der Waals surface area contributed by atoms with Crippen LogP contribution in [0.1, 0.15) is 19.4 Å². The summed E-state index contributed by atoms with van der Waals surface area (Å²) >= 11 is 0. The van der Waals surface area contributed by atoms with Crippen LogP contribution in [0.5, 0.6) is 5.75 Å². The Hall–Kier alpha value is -1.90. The Bertz CT molecular complexity index is 792. The summed E-state index contributed by atoms with van der Waals surface area (Å²) in [7, 11) is 0. The summed E-state index contributed by atoms with van der Waals surface area (Å²) in [4.78, 5) is 5.57. The number of H-pyrrole nitrogens is 1. The Morgan fingerprint density at radius 2 is 2.04 bits per heavy atom. The number of para-hydroxylation sites is 1. The van der Waals surface area contributed by atoms with Gasteiger partial charge in [0.15, 0.2) is 0 Å². The first kappa shape index (κ1) is 20.8. The molecule has 1 aromatic carbocycles. The van der Waals surface area contributed by atoms with Crippen LogP contribution in [0.15, 0.2) is 37.1 Å². The van der Waals surface area contributed by atoms with Crippen LogP contribution in [0.3, 0.4) is 0 Å². The van der Waals surface area contributed by atoms with Crippen LogP contribution in [0, 0.1) is 0 Å². The van der Waals surface area contributed by atoms with Gasteiger partial charge in [0.2, 0.25) is 6.29 Å². The molecule has 0 spiro atoms. The number of benzene rings is 1. The molecule has 7 heteroatoms. The van der Waals surface area contributed by atoms with Crippen molar-refractivity contribution in [3.63, 3.8) is 0 Å². The zero-order chi connectivity index (χ0) is 20.3. The number of nitrogens with zero attached hydrogens (tertiary/aromatic N) is 1. The fraction of sp³-hybridized carbons (Fsp3) is 0.524. The van der Waals surface area contributed by atoms with E-state index in [-0.39, 0.29) is 0 Å². The minimum atomic E-state index is -1.34. The molecule has 2 aromatic rings. The zero-order valence-electron chi connectivity index (χ0n) is 16.4. The third-order valence-corrected chi connectivity index (χ3v) is 5.35. The SMILES string of the molecule is C=CCN(CC)CCc1c[nH]c2c(OC3OC(C)C(O)C(O)C3O)cccc12. The van der Waals surface area contributed by atoms with Gasteiger partial charge in [0, 0.05) is 24.7 Å². The average Bonchev–Trinajstić information content (AvgIpc) is 3.11. The third kappa shape index (κ3) is 4.24. The van der Waals surface area contributed by atoms with Gasteiger partial charge in [0.05, 0.1) is 11.6 Å². The minimum absolute atomic E-state index is 0.530. The van der Waals surface area contributed by atoms with Crippen molar-refractivity contribution in [3.05, 3.63) is 42.6 Å². The van der Waals surface area contributed by atoms with Gasteiger partial charge in [-0.2, -0.15) is 0 Å². The van der Waals surface area contributed by atoms with Crippen LogP contribution in [-0.2, 0) is 11.2 Å². The molecule has 1 saturated heterocycles. The fourth-order valence-electron chi connectivity index (χ4n) is 3.57. The van der Waals surface area contributed by atoms with E-state index in [1.807, 2.05) is 24.4 Å². The molecule has 4 N–H and O–H groups in total. The van der Waals surface area contributed by atoms with E-state index in [9.17, 15) is 15.3 Å². The Labute approximate surface area is 165 Å². The van der Waals surface area contributed by atoms with Crippen molar-refractivity contribution in [1.82, 2.24) is 9.88 Å². The standard InChI is InChI=1S/C21H30N2O5/c1-4-10-23(5-2)11-9-14-12-22-17-15(14)7-6-8-16(17)28-21-20(26)19(25)18(24)13(3)27-21/h4,6-8,12-13,18-22,24-26H,1,5,9-11H2,2-3H3. The van der Waals surface area contributed by atoms with E-state index in [1.54, 1.807) is 13.0 Å². The van der Waals surface area contributed by atoms with E-state index in [2.05, 4.69) is 23.4 Å². The molecule has 0 saturated carbocycles. The van der Waals surface area contributed by atoms with Crippen molar-refractivity contribution >= 4 is 10.9 Å². The second-order valence-electron chi connectivity index (χ2n) is 7.22. The van der Waals surface area contributed by atoms with Gasteiger partial charge in [-0.25, -0.2) is 0 Å². The number of nitrogens with one attached hydrogen (secondary N) is 1. The fourth-order valence-corrected chi connectivity index (χ4v) is 3.57. The van der Waals surface area contributed by atoms with Crippen LogP contribution in [0.25, 0.3) is 10.9 Å². The molecule has 5 atom stereocenters. The van der Waals surface area contributed by atoms with Gasteiger partial charge in [-0.05, 0) is 31.5 Å². The van der Waals surface area contributed by atoms with Gasteiger partial charge in [0.25, 0.3) is 0 Å². The molecule has 5 unspecified atom stereocenters. The van der Waals surface area contributed by atoms with Gasteiger partial charge in [-0.15, -0.1) is 6.58 Å². The van der Waals surface area contributed by atoms with Crippen LogP contribution in [-0.4, -0.2) is 75.5 Å². The predicted molar refractivity (Wildman–Crippen MR) is 107 cm³/mol. The summed E-state index contributed by atoms with van der Waals surface area (Å²) in [6.45, 7) is 10.3. The molecule has 1 aliphatic rings. The summed E-state index contributed by atoms with van der Waals surface area (Å²) in [5.41, 5.74) is 1.99. The van der Waals surface area contributed by atoms with Crippen molar-refractivity contribution in [3.8, 4) is 5.75 Å². The Morgan fingerprint density at radius 1 is 1.25 bits per heavy atom. The lowest BCUT2D eigenvalue weighted by molar-refractivity contribution is -0.267. The number of hydrogen-bond acceptors (Lipinski definition) is 6. The van der Waals surface area contributed by atoms with E-state index in [0.717, 1.165) is 37.0 Å². The van der Waals surface area contributed by atoms with Crippen molar-refractivity contribution < 1.29 is 24.8 Å². The lowest BCUT2D eigenvalue weighted by atomic mass is 10.00. The molecular weight excluding hydrogens is 360 g/mol. The smallest absolute Gasteiger partial charge is 0.229 e. The molecule has 2 heterocycles. The first-order chi connectivity index (χ1) is 13.5. The van der Waals surface area contributed by atoms with E-state index < -0.39 is 30.7 Å². The topological polar surface area (TPSA) is 98.2 Å². The maximum Gasteiger partial charge on any atom is 0.229 e. The monoisotopic (exact) mass is 390 g/mol. The van der Waals surface area contributed by atoms with E-state index >= 15 is 0 Å². The number of aromatic nitrogens is 1. The van der Waals surface area contributed by atoms with Gasteiger partial charge in [0.1, 0.15) is 24.1 Å². The van der Waals surface area contributed by atoms with Crippen molar-refractivity contribution in [2.75, 3.05) is 19.6 Å². The quantitative estimate of drug-likeness (QED) is 0.509. The maximum absolute atomic E-state index is 10.2. The molecule has 154 valence electrons. The molecule has 0 aliphatic carbocycles. The third-order valence-electron chi connectivity index (χ3n) is 5.35. The van der Waals surface area contributed by atoms with Gasteiger partial charge >= 0.3 is 0 Å². The number of hydrogen-bond donors (Lipinski definition) is 4. The van der Waals surface area contributed by atoms with E-state index in [0.29, 0.717) is 5.75 Å². The summed E-state index contributed by atoms with van der Waals surface area (Å²) in [6, 6.07) is 5.70. The molecule has 1 fully saturated rings. The minimum Gasteiger partial charge on any atom is -0.460 e. The summed E-state index contributed by atoms with van der Waals surface area (Å²) in [5.74, 6) is 0.530. The summed E-state index contributed by atoms with van der Waals surface area (Å²) in [5, 5.41) is 31.1. The molecule has 1 aromatic heterocycles. The van der Waals surface area contributed by atoms with Crippen LogP contribution < -0.4 is 4.74 Å². The van der Waals surface area contributed by atoms with Crippen LogP contribution in [0.4, 0.5) is 0 Å². The van der Waals surface area contributed by atoms with E-state index in [4.69, 9.17) is 9.47 Å². The normalized spacial score (nSPS) is 28.0. The predicted octanol–water partition coefficient (Wildman–Crippen LogP) is 1.42. The molecule has 0 amide bonds. The highest BCUT2D eigenvalue weighted by Gasteiger charge is 2.43. The number of fused-ring (bicyclic) bond motifs is 1. The van der Waals surface area contributed by atoms with Gasteiger partial charge in [-0.3, -0.25) is 4.90 Å². The van der Waals surface area contributed by atoms with E-state index in [1.165, 1.54) is 5.56 Å². The van der Waals surface area contributed by atoms with Gasteiger partial charge < -0.3 is 29.8 Å². The number of aliphatic hydroxyl groups excluding tert-OH is 3.